The lowest BCUT2D eigenvalue weighted by Gasteiger charge is -2.33. The third-order valence-electron chi connectivity index (χ3n) is 6.87. The van der Waals surface area contributed by atoms with Crippen LogP contribution in [0, 0.1) is 6.92 Å². The molecule has 0 radical (unpaired) electrons. The summed E-state index contributed by atoms with van der Waals surface area (Å²) in [5.41, 5.74) is 2.43. The Labute approximate surface area is 256 Å². The van der Waals surface area contributed by atoms with Crippen LogP contribution in [-0.2, 0) is 32.6 Å². The number of sulfonamides is 1. The summed E-state index contributed by atoms with van der Waals surface area (Å²) < 4.78 is 29.0. The van der Waals surface area contributed by atoms with Crippen molar-refractivity contribution in [2.24, 2.45) is 0 Å². The van der Waals surface area contributed by atoms with Crippen molar-refractivity contribution in [2.45, 2.75) is 30.8 Å². The maximum Gasteiger partial charge on any atom is 0.264 e. The number of aryl methyl sites for hydroxylation is 1. The van der Waals surface area contributed by atoms with Gasteiger partial charge in [-0.05, 0) is 53.9 Å². The van der Waals surface area contributed by atoms with Crippen LogP contribution in [-0.4, -0.2) is 44.8 Å². The molecule has 0 unspecified atom stereocenters. The highest BCUT2D eigenvalue weighted by Crippen LogP contribution is 2.29. The van der Waals surface area contributed by atoms with E-state index < -0.39 is 34.4 Å². The van der Waals surface area contributed by atoms with E-state index in [1.165, 1.54) is 30.1 Å². The predicted octanol–water partition coefficient (Wildman–Crippen LogP) is 5.88. The molecule has 4 aromatic rings. The predicted molar refractivity (Wildman–Crippen MR) is 167 cm³/mol. The van der Waals surface area contributed by atoms with Gasteiger partial charge in [0.05, 0.1) is 10.6 Å². The van der Waals surface area contributed by atoms with Crippen LogP contribution in [0.1, 0.15) is 16.7 Å². The molecule has 0 heterocycles. The Morgan fingerprint density at radius 2 is 1.45 bits per heavy atom. The molecule has 0 aromatic heterocycles. The van der Waals surface area contributed by atoms with Gasteiger partial charge in [0.15, 0.2) is 0 Å². The van der Waals surface area contributed by atoms with Crippen molar-refractivity contribution < 1.29 is 18.0 Å². The van der Waals surface area contributed by atoms with Crippen LogP contribution < -0.4 is 9.62 Å². The van der Waals surface area contributed by atoms with Crippen LogP contribution in [0.15, 0.2) is 108 Å². The summed E-state index contributed by atoms with van der Waals surface area (Å²) in [4.78, 5) is 29.0. The fourth-order valence-corrected chi connectivity index (χ4v) is 6.31. The van der Waals surface area contributed by atoms with Crippen molar-refractivity contribution >= 4 is 50.7 Å². The fraction of sp³-hybridized carbons (Fsp3) is 0.188. The van der Waals surface area contributed by atoms with Crippen molar-refractivity contribution in [2.75, 3.05) is 17.9 Å². The standard InChI is InChI=1S/C32H31Cl2N3O4S/c1-23-17-18-26(20-29(23)34)37(42(40,41)27-14-7-4-8-15-27)22-31(38)36(21-25-13-9-10-16-28(25)33)30(32(39)35-2)19-24-11-5-3-6-12-24/h3-18,20,30H,19,21-22H2,1-2H3,(H,35,39)/t30-/m0/s1. The van der Waals surface area contributed by atoms with Crippen LogP contribution in [0.25, 0.3) is 0 Å². The van der Waals surface area contributed by atoms with Crippen molar-refractivity contribution in [3.8, 4) is 0 Å². The smallest absolute Gasteiger partial charge is 0.264 e. The number of anilines is 1. The van der Waals surface area contributed by atoms with E-state index in [1.807, 2.05) is 30.3 Å². The van der Waals surface area contributed by atoms with E-state index in [9.17, 15) is 18.0 Å². The van der Waals surface area contributed by atoms with Gasteiger partial charge in [-0.3, -0.25) is 13.9 Å². The summed E-state index contributed by atoms with van der Waals surface area (Å²) in [7, 11) is -2.70. The van der Waals surface area contributed by atoms with E-state index in [2.05, 4.69) is 5.32 Å². The Morgan fingerprint density at radius 3 is 2.07 bits per heavy atom. The third kappa shape index (κ3) is 7.31. The zero-order valence-corrected chi connectivity index (χ0v) is 25.5. The molecule has 0 bridgehead atoms. The first kappa shape index (κ1) is 31.1. The molecule has 0 aliphatic heterocycles. The summed E-state index contributed by atoms with van der Waals surface area (Å²) in [6.07, 6.45) is 0.207. The van der Waals surface area contributed by atoms with Gasteiger partial charge in [0.2, 0.25) is 11.8 Å². The zero-order chi connectivity index (χ0) is 30.3. The molecule has 0 spiro atoms. The molecule has 0 saturated carbocycles. The highest BCUT2D eigenvalue weighted by atomic mass is 35.5. The number of carbonyl (C=O) groups is 2. The van der Waals surface area contributed by atoms with Gasteiger partial charge in [0.1, 0.15) is 12.6 Å². The Balaban J connectivity index is 1.81. The highest BCUT2D eigenvalue weighted by molar-refractivity contribution is 7.92. The van der Waals surface area contributed by atoms with Gasteiger partial charge in [-0.25, -0.2) is 8.42 Å². The quantitative estimate of drug-likeness (QED) is 0.226. The minimum atomic E-state index is -4.20. The Bertz CT molecular complexity index is 1650. The second kappa shape index (κ2) is 13.9. The monoisotopic (exact) mass is 623 g/mol. The van der Waals surface area contributed by atoms with E-state index in [1.54, 1.807) is 61.5 Å². The first-order valence-electron chi connectivity index (χ1n) is 13.2. The van der Waals surface area contributed by atoms with Crippen LogP contribution in [0.5, 0.6) is 0 Å². The van der Waals surface area contributed by atoms with Gasteiger partial charge < -0.3 is 10.2 Å². The van der Waals surface area contributed by atoms with Crippen LogP contribution in [0.2, 0.25) is 10.0 Å². The molecular weight excluding hydrogens is 593 g/mol. The first-order valence-corrected chi connectivity index (χ1v) is 15.4. The molecule has 4 rings (SSSR count). The average Bonchev–Trinajstić information content (AvgIpc) is 3.00. The van der Waals surface area contributed by atoms with Gasteiger partial charge >= 0.3 is 0 Å². The number of rotatable bonds is 11. The highest BCUT2D eigenvalue weighted by Gasteiger charge is 2.34. The molecule has 0 aliphatic carbocycles. The summed E-state index contributed by atoms with van der Waals surface area (Å²) in [6.45, 7) is 1.21. The number of hydrogen-bond acceptors (Lipinski definition) is 4. The molecule has 10 heteroatoms. The number of hydrogen-bond donors (Lipinski definition) is 1. The summed E-state index contributed by atoms with van der Waals surface area (Å²) in [5, 5.41) is 3.44. The second-order valence-corrected chi connectivity index (χ2v) is 12.4. The molecule has 1 atom stereocenters. The van der Waals surface area contributed by atoms with Crippen LogP contribution in [0.4, 0.5) is 5.69 Å². The van der Waals surface area contributed by atoms with E-state index in [0.29, 0.717) is 15.6 Å². The lowest BCUT2D eigenvalue weighted by molar-refractivity contribution is -0.139. The van der Waals surface area contributed by atoms with Crippen LogP contribution >= 0.6 is 23.2 Å². The molecule has 1 N–H and O–H groups in total. The number of carbonyl (C=O) groups excluding carboxylic acids is 2. The Morgan fingerprint density at radius 1 is 0.833 bits per heavy atom. The van der Waals surface area contributed by atoms with Gasteiger partial charge in [0.25, 0.3) is 10.0 Å². The van der Waals surface area contributed by atoms with Crippen molar-refractivity contribution in [3.05, 3.63) is 130 Å². The first-order chi connectivity index (χ1) is 20.1. The minimum Gasteiger partial charge on any atom is -0.357 e. The van der Waals surface area contributed by atoms with E-state index >= 15 is 0 Å². The maximum absolute atomic E-state index is 14.3. The van der Waals surface area contributed by atoms with Crippen molar-refractivity contribution in [3.63, 3.8) is 0 Å². The number of benzene rings is 4. The maximum atomic E-state index is 14.3. The molecule has 0 saturated heterocycles. The molecule has 2 amide bonds. The largest absolute Gasteiger partial charge is 0.357 e. The van der Waals surface area contributed by atoms with E-state index in [0.717, 1.165) is 15.4 Å². The molecule has 0 aliphatic rings. The number of halogens is 2. The summed E-state index contributed by atoms with van der Waals surface area (Å²) in [6, 6.07) is 28.1. The molecule has 42 heavy (non-hydrogen) atoms. The second-order valence-electron chi connectivity index (χ2n) is 9.69. The Kier molecular flexibility index (Phi) is 10.3. The molecule has 218 valence electrons. The fourth-order valence-electron chi connectivity index (χ4n) is 4.52. The SMILES string of the molecule is CNC(=O)[C@H](Cc1ccccc1)N(Cc1ccccc1Cl)C(=O)CN(c1ccc(C)c(Cl)c1)S(=O)(=O)c1ccccc1. The molecule has 0 fully saturated rings. The molecule has 7 nitrogen and oxygen atoms in total. The topological polar surface area (TPSA) is 86.8 Å². The van der Waals surface area contributed by atoms with Gasteiger partial charge in [-0.2, -0.15) is 0 Å². The van der Waals surface area contributed by atoms with Gasteiger partial charge in [-0.15, -0.1) is 0 Å². The number of likely N-dealkylation sites (N-methyl/N-ethyl adjacent to an activating group) is 1. The van der Waals surface area contributed by atoms with Crippen molar-refractivity contribution in [1.29, 1.82) is 0 Å². The average molecular weight is 625 g/mol. The number of nitrogens with one attached hydrogen (secondary N) is 1. The van der Waals surface area contributed by atoms with Crippen molar-refractivity contribution in [1.82, 2.24) is 10.2 Å². The lowest BCUT2D eigenvalue weighted by Crippen LogP contribution is -2.53. The van der Waals surface area contributed by atoms with Gasteiger partial charge in [-0.1, -0.05) is 96.0 Å². The molecule has 4 aromatic carbocycles. The van der Waals surface area contributed by atoms with Crippen LogP contribution in [0.3, 0.4) is 0 Å². The number of amides is 2. The third-order valence-corrected chi connectivity index (χ3v) is 9.43. The minimum absolute atomic E-state index is 0.0132. The Hall–Kier alpha value is -3.85. The van der Waals surface area contributed by atoms with E-state index in [4.69, 9.17) is 23.2 Å². The number of nitrogens with zero attached hydrogens (tertiary/aromatic N) is 2. The lowest BCUT2D eigenvalue weighted by atomic mass is 10.0. The molecular formula is C32H31Cl2N3O4S. The van der Waals surface area contributed by atoms with E-state index in [-0.39, 0.29) is 23.5 Å². The summed E-state index contributed by atoms with van der Waals surface area (Å²) in [5.74, 6) is -0.981. The van der Waals surface area contributed by atoms with Gasteiger partial charge in [0, 0.05) is 30.1 Å². The zero-order valence-electron chi connectivity index (χ0n) is 23.2. The normalized spacial score (nSPS) is 11.9. The summed E-state index contributed by atoms with van der Waals surface area (Å²) >= 11 is 12.9.